The van der Waals surface area contributed by atoms with E-state index in [9.17, 15) is 0 Å². The molecule has 3 heterocycles. The molecule has 60 heavy (non-hydrogen) atoms. The van der Waals surface area contributed by atoms with Crippen LogP contribution in [0.2, 0.25) is 0 Å². The third kappa shape index (κ3) is 4.96. The third-order valence-electron chi connectivity index (χ3n) is 12.1. The molecule has 13 aromatic rings. The average Bonchev–Trinajstić information content (AvgIpc) is 3.85. The number of fused-ring (bicyclic) bond motifs is 12. The fourth-order valence-electron chi connectivity index (χ4n) is 9.30. The summed E-state index contributed by atoms with van der Waals surface area (Å²) in [5.41, 5.74) is 7.87. The fraction of sp³-hybridized carbons (Fsp3) is 0. The highest BCUT2D eigenvalue weighted by atomic mass is 16.3. The molecule has 0 atom stereocenters. The molecule has 0 radical (unpaired) electrons. The Balaban J connectivity index is 1.08. The van der Waals surface area contributed by atoms with Crippen molar-refractivity contribution >= 4 is 86.8 Å². The van der Waals surface area contributed by atoms with Crippen LogP contribution in [0.1, 0.15) is 0 Å². The summed E-state index contributed by atoms with van der Waals surface area (Å²) in [6.45, 7) is 0. The molecular weight excluding hydrogens is 733 g/mol. The fourth-order valence-corrected chi connectivity index (χ4v) is 9.30. The zero-order valence-electron chi connectivity index (χ0n) is 32.2. The molecule has 0 aliphatic heterocycles. The standard InChI is InChI=1S/C55H32N4O/c1-2-14-35(15-3-1)53-56-54(39-23-22-33-12-4-5-16-36(33)28-39)58-55(57-53)40-25-27-50-46(30-40)47-32-49(42-20-10-11-21-44(42)52(47)60-50)59-48-31-38-18-7-6-17-37(38)29-45(48)43-26-24-34-13-8-9-19-41(34)51(43)59/h1-32H. The topological polar surface area (TPSA) is 56.7 Å². The lowest BCUT2D eigenvalue weighted by molar-refractivity contribution is 0.672. The second-order valence-corrected chi connectivity index (χ2v) is 15.6. The highest BCUT2D eigenvalue weighted by Crippen LogP contribution is 2.44. The van der Waals surface area contributed by atoms with Gasteiger partial charge >= 0.3 is 0 Å². The molecule has 0 unspecified atom stereocenters. The van der Waals surface area contributed by atoms with Crippen molar-refractivity contribution in [2.75, 3.05) is 0 Å². The van der Waals surface area contributed by atoms with E-state index in [0.717, 1.165) is 66.0 Å². The minimum absolute atomic E-state index is 0.602. The Morgan fingerprint density at radius 2 is 0.917 bits per heavy atom. The molecule has 0 N–H and O–H groups in total. The van der Waals surface area contributed by atoms with Crippen LogP contribution >= 0.6 is 0 Å². The number of furan rings is 1. The van der Waals surface area contributed by atoms with E-state index in [1.807, 2.05) is 30.3 Å². The van der Waals surface area contributed by atoms with Crippen LogP contribution in [0.25, 0.3) is 127 Å². The molecule has 5 nitrogen and oxygen atoms in total. The Morgan fingerprint density at radius 1 is 0.333 bits per heavy atom. The summed E-state index contributed by atoms with van der Waals surface area (Å²) in [6.07, 6.45) is 0. The summed E-state index contributed by atoms with van der Waals surface area (Å²) < 4.78 is 9.28. The van der Waals surface area contributed by atoms with Crippen molar-refractivity contribution in [3.05, 3.63) is 194 Å². The maximum absolute atomic E-state index is 6.80. The van der Waals surface area contributed by atoms with Gasteiger partial charge in [-0.15, -0.1) is 0 Å². The second-order valence-electron chi connectivity index (χ2n) is 15.6. The van der Waals surface area contributed by atoms with Crippen molar-refractivity contribution in [3.63, 3.8) is 0 Å². The van der Waals surface area contributed by atoms with E-state index < -0.39 is 0 Å². The van der Waals surface area contributed by atoms with Crippen molar-refractivity contribution < 1.29 is 4.42 Å². The molecule has 10 aromatic carbocycles. The van der Waals surface area contributed by atoms with Gasteiger partial charge in [0.25, 0.3) is 0 Å². The zero-order valence-corrected chi connectivity index (χ0v) is 32.2. The molecule has 5 heteroatoms. The van der Waals surface area contributed by atoms with Crippen LogP contribution in [-0.2, 0) is 0 Å². The van der Waals surface area contributed by atoms with E-state index in [1.54, 1.807) is 0 Å². The Kier molecular flexibility index (Phi) is 6.95. The van der Waals surface area contributed by atoms with Gasteiger partial charge in [-0.3, -0.25) is 0 Å². The molecular formula is C55H32N4O. The molecule has 0 aliphatic rings. The summed E-state index contributed by atoms with van der Waals surface area (Å²) in [5, 5.41) is 13.8. The number of hydrogen-bond acceptors (Lipinski definition) is 4. The molecule has 278 valence electrons. The third-order valence-corrected chi connectivity index (χ3v) is 12.1. The maximum atomic E-state index is 6.80. The van der Waals surface area contributed by atoms with Gasteiger partial charge in [-0.1, -0.05) is 152 Å². The predicted octanol–water partition coefficient (Wildman–Crippen LogP) is 14.5. The largest absolute Gasteiger partial charge is 0.455 e. The van der Waals surface area contributed by atoms with Crippen molar-refractivity contribution in [1.29, 1.82) is 0 Å². The minimum Gasteiger partial charge on any atom is -0.455 e. The summed E-state index contributed by atoms with van der Waals surface area (Å²) in [4.78, 5) is 15.3. The van der Waals surface area contributed by atoms with Gasteiger partial charge in [0.1, 0.15) is 11.2 Å². The molecule has 0 saturated heterocycles. The van der Waals surface area contributed by atoms with Crippen molar-refractivity contribution in [3.8, 4) is 39.9 Å². The Labute approximate surface area is 343 Å². The van der Waals surface area contributed by atoms with E-state index in [2.05, 4.69) is 168 Å². The van der Waals surface area contributed by atoms with E-state index in [4.69, 9.17) is 19.4 Å². The number of nitrogens with zero attached hydrogens (tertiary/aromatic N) is 4. The van der Waals surface area contributed by atoms with Crippen molar-refractivity contribution in [2.24, 2.45) is 0 Å². The SMILES string of the molecule is c1ccc(-c2nc(-c3ccc4ccccc4c3)nc(-c3ccc4oc5c6ccccc6c(-n6c7cc8ccccc8cc7c7ccc8ccccc8c76)cc5c4c3)n2)cc1. The van der Waals surface area contributed by atoms with Gasteiger partial charge in [-0.25, -0.2) is 15.0 Å². The first-order chi connectivity index (χ1) is 29.7. The Bertz CT molecular complexity index is 3900. The molecule has 0 aliphatic carbocycles. The summed E-state index contributed by atoms with van der Waals surface area (Å²) in [6, 6.07) is 68.7. The van der Waals surface area contributed by atoms with Crippen LogP contribution in [0.15, 0.2) is 199 Å². The van der Waals surface area contributed by atoms with Crippen LogP contribution < -0.4 is 0 Å². The van der Waals surface area contributed by atoms with Crippen LogP contribution in [-0.4, -0.2) is 19.5 Å². The van der Waals surface area contributed by atoms with Gasteiger partial charge < -0.3 is 8.98 Å². The Morgan fingerprint density at radius 3 is 1.70 bits per heavy atom. The van der Waals surface area contributed by atoms with Gasteiger partial charge in [-0.2, -0.15) is 0 Å². The van der Waals surface area contributed by atoms with Gasteiger partial charge in [0, 0.05) is 54.4 Å². The first kappa shape index (κ1) is 32.9. The molecule has 0 saturated carbocycles. The monoisotopic (exact) mass is 764 g/mol. The predicted molar refractivity (Wildman–Crippen MR) is 248 cm³/mol. The quantitative estimate of drug-likeness (QED) is 0.179. The highest BCUT2D eigenvalue weighted by Gasteiger charge is 2.22. The smallest absolute Gasteiger partial charge is 0.164 e. The molecule has 0 bridgehead atoms. The van der Waals surface area contributed by atoms with E-state index in [1.165, 1.54) is 43.2 Å². The van der Waals surface area contributed by atoms with Crippen LogP contribution in [0.4, 0.5) is 0 Å². The highest BCUT2D eigenvalue weighted by molar-refractivity contribution is 6.23. The average molecular weight is 765 g/mol. The number of hydrogen-bond donors (Lipinski definition) is 0. The summed E-state index contributed by atoms with van der Waals surface area (Å²) in [5.74, 6) is 1.85. The van der Waals surface area contributed by atoms with Crippen LogP contribution in [0.5, 0.6) is 0 Å². The van der Waals surface area contributed by atoms with Crippen molar-refractivity contribution in [2.45, 2.75) is 0 Å². The number of benzene rings is 10. The van der Waals surface area contributed by atoms with Crippen LogP contribution in [0, 0.1) is 0 Å². The van der Waals surface area contributed by atoms with Crippen LogP contribution in [0.3, 0.4) is 0 Å². The summed E-state index contributed by atoms with van der Waals surface area (Å²) >= 11 is 0. The van der Waals surface area contributed by atoms with Crippen molar-refractivity contribution in [1.82, 2.24) is 19.5 Å². The molecule has 13 rings (SSSR count). The zero-order chi connectivity index (χ0) is 39.3. The van der Waals surface area contributed by atoms with Gasteiger partial charge in [-0.05, 0) is 69.4 Å². The molecule has 0 amide bonds. The minimum atomic E-state index is 0.602. The lowest BCUT2D eigenvalue weighted by Crippen LogP contribution is -2.00. The lowest BCUT2D eigenvalue weighted by atomic mass is 10.0. The van der Waals surface area contributed by atoms with E-state index in [0.29, 0.717) is 17.5 Å². The normalized spacial score (nSPS) is 12.0. The number of rotatable bonds is 4. The van der Waals surface area contributed by atoms with Gasteiger partial charge in [0.15, 0.2) is 17.5 Å². The number of aromatic nitrogens is 4. The van der Waals surface area contributed by atoms with Gasteiger partial charge in [0.05, 0.1) is 16.7 Å². The van der Waals surface area contributed by atoms with E-state index in [-0.39, 0.29) is 0 Å². The van der Waals surface area contributed by atoms with E-state index >= 15 is 0 Å². The molecule has 0 spiro atoms. The molecule has 3 aromatic heterocycles. The van der Waals surface area contributed by atoms with Gasteiger partial charge in [0.2, 0.25) is 0 Å². The Hall–Kier alpha value is -8.15. The summed E-state index contributed by atoms with van der Waals surface area (Å²) in [7, 11) is 0. The first-order valence-electron chi connectivity index (χ1n) is 20.3. The maximum Gasteiger partial charge on any atom is 0.164 e. The molecule has 0 fully saturated rings. The lowest BCUT2D eigenvalue weighted by Gasteiger charge is -2.14. The first-order valence-corrected chi connectivity index (χ1v) is 20.3. The second kappa shape index (κ2) is 12.7.